The zero-order valence-electron chi connectivity index (χ0n) is 19.6. The first-order valence-corrected chi connectivity index (χ1v) is 10.7. The Labute approximate surface area is 201 Å². The van der Waals surface area contributed by atoms with E-state index >= 15 is 0 Å². The summed E-state index contributed by atoms with van der Waals surface area (Å²) in [7, 11) is 2.80. The van der Waals surface area contributed by atoms with Crippen LogP contribution in [-0.4, -0.2) is 42.6 Å². The first-order chi connectivity index (χ1) is 16.7. The lowest BCUT2D eigenvalue weighted by molar-refractivity contribution is -0.122. The van der Waals surface area contributed by atoms with Gasteiger partial charge in [-0.05, 0) is 68.0 Å². The number of amides is 4. The second kappa shape index (κ2) is 9.30. The monoisotopic (exact) mass is 473 g/mol. The fourth-order valence-electron chi connectivity index (χ4n) is 3.99. The van der Waals surface area contributed by atoms with Crippen LogP contribution in [0.2, 0.25) is 0 Å². The summed E-state index contributed by atoms with van der Waals surface area (Å²) in [5.41, 5.74) is 3.58. The number of hydrogen-bond donors (Lipinski definition) is 1. The first-order valence-electron chi connectivity index (χ1n) is 10.7. The minimum atomic E-state index is -0.832. The molecule has 2 aromatic carbocycles. The second-order valence-electron chi connectivity index (χ2n) is 7.86. The van der Waals surface area contributed by atoms with Gasteiger partial charge < -0.3 is 14.0 Å². The van der Waals surface area contributed by atoms with E-state index < -0.39 is 23.8 Å². The number of methoxy groups -OCH3 is 2. The number of imide groups is 2. The smallest absolute Gasteiger partial charge is 0.337 e. The van der Waals surface area contributed by atoms with Crippen LogP contribution in [0, 0.1) is 13.8 Å². The zero-order valence-corrected chi connectivity index (χ0v) is 19.6. The standard InChI is InChI=1S/C26H23N3O6/c1-15-12-18(16(2)28(15)19-10-8-17(9-11-19)25(32)35-4)13-22-23(30)27-26(33)29(24(22)31)20-6-5-7-21(14-20)34-3/h5-14H,1-4H3,(H,27,30,33)/b22-13-. The number of esters is 1. The molecule has 0 bridgehead atoms. The van der Waals surface area contributed by atoms with Crippen LogP contribution in [0.1, 0.15) is 27.3 Å². The van der Waals surface area contributed by atoms with Crippen LogP contribution < -0.4 is 15.0 Å². The molecule has 0 unspecified atom stereocenters. The number of carbonyl (C=O) groups excluding carboxylic acids is 4. The molecule has 4 rings (SSSR count). The van der Waals surface area contributed by atoms with Crippen molar-refractivity contribution < 1.29 is 28.7 Å². The molecule has 1 fully saturated rings. The summed E-state index contributed by atoms with van der Waals surface area (Å²) in [4.78, 5) is 51.0. The van der Waals surface area contributed by atoms with Gasteiger partial charge in [-0.25, -0.2) is 14.5 Å². The van der Waals surface area contributed by atoms with Gasteiger partial charge in [0.25, 0.3) is 11.8 Å². The molecule has 0 saturated carbocycles. The van der Waals surface area contributed by atoms with Gasteiger partial charge in [-0.3, -0.25) is 14.9 Å². The molecule has 1 saturated heterocycles. The Kier molecular flexibility index (Phi) is 6.24. The molecule has 2 heterocycles. The summed E-state index contributed by atoms with van der Waals surface area (Å²) < 4.78 is 11.9. The summed E-state index contributed by atoms with van der Waals surface area (Å²) in [6.07, 6.45) is 1.47. The number of rotatable bonds is 5. The van der Waals surface area contributed by atoms with Crippen LogP contribution in [0.5, 0.6) is 5.75 Å². The van der Waals surface area contributed by atoms with Crippen molar-refractivity contribution in [2.45, 2.75) is 13.8 Å². The van der Waals surface area contributed by atoms with Gasteiger partial charge in [0.2, 0.25) is 0 Å². The highest BCUT2D eigenvalue weighted by molar-refractivity contribution is 6.39. The molecule has 0 radical (unpaired) electrons. The van der Waals surface area contributed by atoms with Gasteiger partial charge in [0.15, 0.2) is 0 Å². The van der Waals surface area contributed by atoms with Crippen molar-refractivity contribution in [1.29, 1.82) is 0 Å². The van der Waals surface area contributed by atoms with Crippen molar-refractivity contribution in [3.63, 3.8) is 0 Å². The third-order valence-corrected chi connectivity index (χ3v) is 5.73. The van der Waals surface area contributed by atoms with E-state index in [0.29, 0.717) is 16.9 Å². The first kappa shape index (κ1) is 23.5. The number of anilines is 1. The van der Waals surface area contributed by atoms with E-state index in [-0.39, 0.29) is 11.3 Å². The molecule has 1 aliphatic heterocycles. The summed E-state index contributed by atoms with van der Waals surface area (Å²) in [5.74, 6) is -1.47. The molecule has 1 aromatic heterocycles. The van der Waals surface area contributed by atoms with Gasteiger partial charge >= 0.3 is 12.0 Å². The SMILES string of the molecule is COC(=O)c1ccc(-n2c(C)cc(/C=C3/C(=O)NC(=O)N(c4cccc(OC)c4)C3=O)c2C)cc1. The van der Waals surface area contributed by atoms with Crippen molar-refractivity contribution in [3.05, 3.63) is 82.7 Å². The number of benzene rings is 2. The fourth-order valence-corrected chi connectivity index (χ4v) is 3.99. The quantitative estimate of drug-likeness (QED) is 0.345. The number of ether oxygens (including phenoxy) is 2. The highest BCUT2D eigenvalue weighted by atomic mass is 16.5. The van der Waals surface area contributed by atoms with Crippen molar-refractivity contribution in [1.82, 2.24) is 9.88 Å². The molecule has 35 heavy (non-hydrogen) atoms. The van der Waals surface area contributed by atoms with Crippen molar-refractivity contribution in [3.8, 4) is 11.4 Å². The molecule has 1 aliphatic rings. The molecule has 4 amide bonds. The van der Waals surface area contributed by atoms with Gasteiger partial charge in [-0.1, -0.05) is 6.07 Å². The molecular formula is C26H23N3O6. The Morgan fingerprint density at radius 1 is 0.943 bits per heavy atom. The molecular weight excluding hydrogens is 450 g/mol. The van der Waals surface area contributed by atoms with Crippen molar-refractivity contribution in [2.75, 3.05) is 19.1 Å². The maximum atomic E-state index is 13.2. The zero-order chi connectivity index (χ0) is 25.3. The lowest BCUT2D eigenvalue weighted by Crippen LogP contribution is -2.54. The van der Waals surface area contributed by atoms with E-state index in [1.54, 1.807) is 42.5 Å². The number of nitrogens with one attached hydrogen (secondary N) is 1. The molecule has 0 atom stereocenters. The Morgan fingerprint density at radius 2 is 1.66 bits per heavy atom. The highest BCUT2D eigenvalue weighted by Gasteiger charge is 2.37. The molecule has 1 N–H and O–H groups in total. The molecule has 0 spiro atoms. The predicted octanol–water partition coefficient (Wildman–Crippen LogP) is 3.56. The lowest BCUT2D eigenvalue weighted by atomic mass is 10.1. The van der Waals surface area contributed by atoms with E-state index in [9.17, 15) is 19.2 Å². The van der Waals surface area contributed by atoms with Gasteiger partial charge in [-0.15, -0.1) is 0 Å². The van der Waals surface area contributed by atoms with E-state index in [4.69, 9.17) is 9.47 Å². The van der Waals surface area contributed by atoms with E-state index in [0.717, 1.165) is 22.0 Å². The van der Waals surface area contributed by atoms with Crippen LogP contribution >= 0.6 is 0 Å². The number of carbonyl (C=O) groups is 4. The molecule has 9 nitrogen and oxygen atoms in total. The maximum Gasteiger partial charge on any atom is 0.337 e. The summed E-state index contributed by atoms with van der Waals surface area (Å²) >= 11 is 0. The predicted molar refractivity (Wildman–Crippen MR) is 129 cm³/mol. The van der Waals surface area contributed by atoms with Crippen LogP contribution in [0.25, 0.3) is 11.8 Å². The normalized spacial score (nSPS) is 14.8. The lowest BCUT2D eigenvalue weighted by Gasteiger charge is -2.26. The summed E-state index contributed by atoms with van der Waals surface area (Å²) in [6.45, 7) is 3.74. The van der Waals surface area contributed by atoms with Gasteiger partial charge in [0.1, 0.15) is 11.3 Å². The molecule has 178 valence electrons. The van der Waals surface area contributed by atoms with E-state index in [2.05, 4.69) is 5.32 Å². The van der Waals surface area contributed by atoms with E-state index in [1.807, 2.05) is 24.5 Å². The molecule has 3 aromatic rings. The fraction of sp³-hybridized carbons (Fsp3) is 0.154. The van der Waals surface area contributed by atoms with Crippen molar-refractivity contribution >= 4 is 35.6 Å². The number of aromatic nitrogens is 1. The van der Waals surface area contributed by atoms with Crippen molar-refractivity contribution in [2.24, 2.45) is 0 Å². The number of hydrogen-bond acceptors (Lipinski definition) is 6. The Morgan fingerprint density at radius 3 is 2.31 bits per heavy atom. The summed E-state index contributed by atoms with van der Waals surface area (Å²) in [6, 6.07) is 14.3. The van der Waals surface area contributed by atoms with E-state index in [1.165, 1.54) is 26.4 Å². The average Bonchev–Trinajstić information content (AvgIpc) is 3.13. The average molecular weight is 473 g/mol. The van der Waals surface area contributed by atoms with Gasteiger partial charge in [0, 0.05) is 23.1 Å². The summed E-state index contributed by atoms with van der Waals surface area (Å²) in [5, 5.41) is 2.23. The van der Waals surface area contributed by atoms with Crippen LogP contribution in [0.15, 0.2) is 60.2 Å². The maximum absolute atomic E-state index is 13.2. The molecule has 9 heteroatoms. The minimum absolute atomic E-state index is 0.172. The highest BCUT2D eigenvalue weighted by Crippen LogP contribution is 2.27. The van der Waals surface area contributed by atoms with Crippen LogP contribution in [0.3, 0.4) is 0 Å². The number of barbiturate groups is 1. The Bertz CT molecular complexity index is 1380. The van der Waals surface area contributed by atoms with Crippen LogP contribution in [0.4, 0.5) is 10.5 Å². The Balaban J connectivity index is 1.72. The number of nitrogens with zero attached hydrogens (tertiary/aromatic N) is 2. The third-order valence-electron chi connectivity index (χ3n) is 5.73. The minimum Gasteiger partial charge on any atom is -0.497 e. The largest absolute Gasteiger partial charge is 0.497 e. The molecule has 0 aliphatic carbocycles. The number of urea groups is 1. The third kappa shape index (κ3) is 4.31. The topological polar surface area (TPSA) is 107 Å². The van der Waals surface area contributed by atoms with Crippen LogP contribution in [-0.2, 0) is 14.3 Å². The second-order valence-corrected chi connectivity index (χ2v) is 7.86. The van der Waals surface area contributed by atoms with Gasteiger partial charge in [-0.2, -0.15) is 0 Å². The number of aryl methyl sites for hydroxylation is 1. The van der Waals surface area contributed by atoms with Gasteiger partial charge in [0.05, 0.1) is 25.5 Å². The Hall–Kier alpha value is -4.66.